The van der Waals surface area contributed by atoms with Crippen LogP contribution in [0.15, 0.2) is 0 Å². The molecule has 1 aliphatic rings. The van der Waals surface area contributed by atoms with Crippen LogP contribution in [-0.4, -0.2) is 55.0 Å². The highest BCUT2D eigenvalue weighted by atomic mass is 16.2. The van der Waals surface area contributed by atoms with Crippen molar-refractivity contribution in [2.45, 2.75) is 33.1 Å². The molecule has 0 aliphatic carbocycles. The van der Waals surface area contributed by atoms with Gasteiger partial charge in [0.1, 0.15) is 0 Å². The van der Waals surface area contributed by atoms with Crippen LogP contribution >= 0.6 is 0 Å². The molecule has 1 rings (SSSR count). The van der Waals surface area contributed by atoms with Crippen LogP contribution in [-0.2, 0) is 4.79 Å². The fourth-order valence-electron chi connectivity index (χ4n) is 2.37. The van der Waals surface area contributed by atoms with Gasteiger partial charge in [-0.25, -0.2) is 0 Å². The highest BCUT2D eigenvalue weighted by Crippen LogP contribution is 2.12. The van der Waals surface area contributed by atoms with E-state index in [0.29, 0.717) is 5.91 Å². The minimum atomic E-state index is 0.190. The van der Waals surface area contributed by atoms with Crippen LogP contribution in [0.5, 0.6) is 0 Å². The zero-order valence-electron chi connectivity index (χ0n) is 11.3. The molecule has 1 saturated heterocycles. The quantitative estimate of drug-likeness (QED) is 0.752. The lowest BCUT2D eigenvalue weighted by Gasteiger charge is -2.36. The van der Waals surface area contributed by atoms with E-state index in [2.05, 4.69) is 11.8 Å². The number of carbonyl (C=O) groups excluding carboxylic acids is 1. The van der Waals surface area contributed by atoms with Gasteiger partial charge in [0.05, 0.1) is 0 Å². The van der Waals surface area contributed by atoms with Gasteiger partial charge in [-0.2, -0.15) is 0 Å². The third-order valence-electron chi connectivity index (χ3n) is 3.51. The standard InChI is InChI=1S/C13H27N3O/c1-3-5-12(2)13(17)16-10-8-15(9-11-16)7-4-6-14/h12H,3-11,14H2,1-2H3. The van der Waals surface area contributed by atoms with E-state index < -0.39 is 0 Å². The average Bonchev–Trinajstić information content (AvgIpc) is 2.36. The van der Waals surface area contributed by atoms with Crippen LogP contribution < -0.4 is 5.73 Å². The van der Waals surface area contributed by atoms with E-state index in [-0.39, 0.29) is 5.92 Å². The van der Waals surface area contributed by atoms with Crippen LogP contribution in [0, 0.1) is 5.92 Å². The van der Waals surface area contributed by atoms with Crippen molar-refractivity contribution < 1.29 is 4.79 Å². The second-order valence-corrected chi connectivity index (χ2v) is 5.00. The third-order valence-corrected chi connectivity index (χ3v) is 3.51. The fraction of sp³-hybridized carbons (Fsp3) is 0.923. The van der Waals surface area contributed by atoms with Crippen molar-refractivity contribution in [3.8, 4) is 0 Å². The van der Waals surface area contributed by atoms with Gasteiger partial charge in [-0.05, 0) is 25.9 Å². The Morgan fingerprint density at radius 3 is 2.47 bits per heavy atom. The largest absolute Gasteiger partial charge is 0.340 e. The lowest BCUT2D eigenvalue weighted by Crippen LogP contribution is -2.50. The Balaban J connectivity index is 2.28. The highest BCUT2D eigenvalue weighted by molar-refractivity contribution is 5.78. The molecule has 17 heavy (non-hydrogen) atoms. The Morgan fingerprint density at radius 1 is 1.29 bits per heavy atom. The summed E-state index contributed by atoms with van der Waals surface area (Å²) in [6.45, 7) is 9.79. The first-order valence-corrected chi connectivity index (χ1v) is 6.90. The van der Waals surface area contributed by atoms with Crippen molar-refractivity contribution in [1.29, 1.82) is 0 Å². The van der Waals surface area contributed by atoms with Gasteiger partial charge in [-0.3, -0.25) is 9.69 Å². The number of carbonyl (C=O) groups is 1. The number of amides is 1. The predicted octanol–water partition coefficient (Wildman–Crippen LogP) is 0.916. The fourth-order valence-corrected chi connectivity index (χ4v) is 2.37. The Hall–Kier alpha value is -0.610. The molecule has 1 unspecified atom stereocenters. The number of hydrogen-bond acceptors (Lipinski definition) is 3. The maximum atomic E-state index is 12.1. The molecule has 1 aliphatic heterocycles. The van der Waals surface area contributed by atoms with Gasteiger partial charge in [0.2, 0.25) is 5.91 Å². The van der Waals surface area contributed by atoms with Crippen molar-refractivity contribution >= 4 is 5.91 Å². The van der Waals surface area contributed by atoms with Gasteiger partial charge in [-0.1, -0.05) is 20.3 Å². The molecule has 0 bridgehead atoms. The summed E-state index contributed by atoms with van der Waals surface area (Å²) in [6, 6.07) is 0. The Labute approximate surface area is 105 Å². The van der Waals surface area contributed by atoms with Crippen LogP contribution in [0.25, 0.3) is 0 Å². The number of piperazine rings is 1. The molecule has 2 N–H and O–H groups in total. The molecule has 0 aromatic heterocycles. The SMILES string of the molecule is CCCC(C)C(=O)N1CCN(CCCN)CC1. The number of nitrogens with zero attached hydrogens (tertiary/aromatic N) is 2. The van der Waals surface area contributed by atoms with E-state index in [4.69, 9.17) is 5.73 Å². The van der Waals surface area contributed by atoms with Crippen LogP contribution in [0.4, 0.5) is 0 Å². The normalized spacial score (nSPS) is 19.4. The van der Waals surface area contributed by atoms with Crippen molar-refractivity contribution in [3.63, 3.8) is 0 Å². The smallest absolute Gasteiger partial charge is 0.225 e. The van der Waals surface area contributed by atoms with Gasteiger partial charge >= 0.3 is 0 Å². The zero-order chi connectivity index (χ0) is 12.7. The van der Waals surface area contributed by atoms with Gasteiger partial charge in [-0.15, -0.1) is 0 Å². The molecule has 0 spiro atoms. The van der Waals surface area contributed by atoms with Crippen LogP contribution in [0.3, 0.4) is 0 Å². The lowest BCUT2D eigenvalue weighted by molar-refractivity contribution is -0.137. The van der Waals surface area contributed by atoms with Crippen molar-refractivity contribution in [2.24, 2.45) is 11.7 Å². The van der Waals surface area contributed by atoms with E-state index in [1.54, 1.807) is 0 Å². The van der Waals surface area contributed by atoms with Gasteiger partial charge in [0.15, 0.2) is 0 Å². The zero-order valence-corrected chi connectivity index (χ0v) is 11.3. The Kier molecular flexibility index (Phi) is 6.52. The van der Waals surface area contributed by atoms with E-state index in [1.165, 1.54) is 0 Å². The minimum Gasteiger partial charge on any atom is -0.340 e. The summed E-state index contributed by atoms with van der Waals surface area (Å²) in [5, 5.41) is 0. The Bertz CT molecular complexity index is 225. The average molecular weight is 241 g/mol. The molecule has 0 aromatic carbocycles. The minimum absolute atomic E-state index is 0.190. The summed E-state index contributed by atoms with van der Waals surface area (Å²) in [5.41, 5.74) is 5.50. The Morgan fingerprint density at radius 2 is 1.94 bits per heavy atom. The van der Waals surface area contributed by atoms with Crippen LogP contribution in [0.1, 0.15) is 33.1 Å². The summed E-state index contributed by atoms with van der Waals surface area (Å²) in [4.78, 5) is 16.5. The summed E-state index contributed by atoms with van der Waals surface area (Å²) in [7, 11) is 0. The summed E-state index contributed by atoms with van der Waals surface area (Å²) >= 11 is 0. The second-order valence-electron chi connectivity index (χ2n) is 5.00. The van der Waals surface area contributed by atoms with Gasteiger partial charge in [0, 0.05) is 32.1 Å². The molecule has 0 aromatic rings. The maximum Gasteiger partial charge on any atom is 0.225 e. The maximum absolute atomic E-state index is 12.1. The highest BCUT2D eigenvalue weighted by Gasteiger charge is 2.23. The van der Waals surface area contributed by atoms with E-state index in [0.717, 1.165) is 58.5 Å². The molecule has 0 saturated carbocycles. The lowest BCUT2D eigenvalue weighted by atomic mass is 10.0. The second kappa shape index (κ2) is 7.67. The topological polar surface area (TPSA) is 49.6 Å². The third kappa shape index (κ3) is 4.64. The molecule has 1 heterocycles. The summed E-state index contributed by atoms with van der Waals surface area (Å²) < 4.78 is 0. The van der Waals surface area contributed by atoms with E-state index >= 15 is 0 Å². The van der Waals surface area contributed by atoms with Crippen LogP contribution in [0.2, 0.25) is 0 Å². The number of rotatable bonds is 6. The molecule has 1 atom stereocenters. The molecular formula is C13H27N3O. The van der Waals surface area contributed by atoms with E-state index in [9.17, 15) is 4.79 Å². The van der Waals surface area contributed by atoms with Crippen molar-refractivity contribution in [3.05, 3.63) is 0 Å². The number of nitrogens with two attached hydrogens (primary N) is 1. The van der Waals surface area contributed by atoms with E-state index in [1.807, 2.05) is 11.8 Å². The summed E-state index contributed by atoms with van der Waals surface area (Å²) in [6.07, 6.45) is 3.15. The molecule has 0 radical (unpaired) electrons. The molecule has 4 nitrogen and oxygen atoms in total. The summed E-state index contributed by atoms with van der Waals surface area (Å²) in [5.74, 6) is 0.529. The van der Waals surface area contributed by atoms with Crippen molar-refractivity contribution in [2.75, 3.05) is 39.3 Å². The van der Waals surface area contributed by atoms with Gasteiger partial charge in [0.25, 0.3) is 0 Å². The van der Waals surface area contributed by atoms with Gasteiger partial charge < -0.3 is 10.6 Å². The molecular weight excluding hydrogens is 214 g/mol. The molecule has 1 amide bonds. The van der Waals surface area contributed by atoms with Crippen molar-refractivity contribution in [1.82, 2.24) is 9.80 Å². The first kappa shape index (κ1) is 14.5. The molecule has 100 valence electrons. The first-order chi connectivity index (χ1) is 8.19. The monoisotopic (exact) mass is 241 g/mol. The molecule has 4 heteroatoms. The predicted molar refractivity (Wildman–Crippen MR) is 70.8 cm³/mol. The number of hydrogen-bond donors (Lipinski definition) is 1. The first-order valence-electron chi connectivity index (χ1n) is 6.90. The molecule has 1 fully saturated rings.